The zero-order valence-corrected chi connectivity index (χ0v) is 25.2. The second kappa shape index (κ2) is 17.6. The van der Waals surface area contributed by atoms with Crippen LogP contribution in [0.4, 0.5) is 0 Å². The SMILES string of the molecule is [2H]C(OC[C@H]1OC(CCC(=O)OC)[C@H](OC([2H])c2ccccc2)[C@@H](OC([2H])c2ccccc2)[C@H]1OC([2H])c1ccccc1)c1ccccc1. The van der Waals surface area contributed by atoms with Crippen molar-refractivity contribution in [2.24, 2.45) is 0 Å². The van der Waals surface area contributed by atoms with Crippen LogP contribution in [0, 0.1) is 0 Å². The van der Waals surface area contributed by atoms with Crippen molar-refractivity contribution >= 4 is 5.97 Å². The van der Waals surface area contributed by atoms with E-state index in [4.69, 9.17) is 33.9 Å². The van der Waals surface area contributed by atoms with E-state index in [-0.39, 0.29) is 19.4 Å². The quantitative estimate of drug-likeness (QED) is 0.130. The highest BCUT2D eigenvalue weighted by atomic mass is 16.6. The molecule has 0 aliphatic carbocycles. The van der Waals surface area contributed by atoms with E-state index in [9.17, 15) is 4.79 Å². The molecule has 5 rings (SSSR count). The number of rotatable bonds is 16. The third kappa shape index (κ3) is 10.1. The largest absolute Gasteiger partial charge is 0.469 e. The minimum absolute atomic E-state index is 0.0139. The molecule has 1 fully saturated rings. The van der Waals surface area contributed by atoms with Crippen molar-refractivity contribution in [3.05, 3.63) is 144 Å². The highest BCUT2D eigenvalue weighted by Crippen LogP contribution is 2.33. The Labute approximate surface area is 271 Å². The molecule has 45 heavy (non-hydrogen) atoms. The lowest BCUT2D eigenvalue weighted by molar-refractivity contribution is -0.273. The Morgan fingerprint density at radius 2 is 1.00 bits per heavy atom. The van der Waals surface area contributed by atoms with Crippen LogP contribution in [0.15, 0.2) is 121 Å². The smallest absolute Gasteiger partial charge is 0.305 e. The van der Waals surface area contributed by atoms with Gasteiger partial charge in [0.15, 0.2) is 0 Å². The molecule has 7 heteroatoms. The van der Waals surface area contributed by atoms with Crippen molar-refractivity contribution in [2.75, 3.05) is 13.7 Å². The number of esters is 1. The highest BCUT2D eigenvalue weighted by molar-refractivity contribution is 5.69. The number of carbonyl (C=O) groups is 1. The zero-order chi connectivity index (χ0) is 34.6. The Kier molecular flexibility index (Phi) is 10.7. The summed E-state index contributed by atoms with van der Waals surface area (Å²) in [6.45, 7) is -4.73. The minimum Gasteiger partial charge on any atom is -0.469 e. The lowest BCUT2D eigenvalue weighted by atomic mass is 9.91. The molecule has 5 unspecified atom stereocenters. The summed E-state index contributed by atoms with van der Waals surface area (Å²) in [6.07, 6.45) is -4.76. The molecule has 4 aromatic carbocycles. The summed E-state index contributed by atoms with van der Waals surface area (Å²) in [7, 11) is 1.31. The summed E-state index contributed by atoms with van der Waals surface area (Å²) in [6, 6.07) is 36.1. The van der Waals surface area contributed by atoms with Gasteiger partial charge in [0.05, 0.1) is 51.6 Å². The molecule has 0 N–H and O–H groups in total. The first-order valence-corrected chi connectivity index (χ1v) is 15.0. The first-order valence-electron chi connectivity index (χ1n) is 17.3. The van der Waals surface area contributed by atoms with Crippen molar-refractivity contribution in [3.8, 4) is 0 Å². The predicted molar refractivity (Wildman–Crippen MR) is 171 cm³/mol. The van der Waals surface area contributed by atoms with Gasteiger partial charge >= 0.3 is 5.97 Å². The molecule has 0 saturated carbocycles. The van der Waals surface area contributed by atoms with E-state index < -0.39 is 62.8 Å². The van der Waals surface area contributed by atoms with Crippen molar-refractivity contribution < 1.29 is 38.7 Å². The number of hydrogen-bond acceptors (Lipinski definition) is 7. The predicted octanol–water partition coefficient (Wildman–Crippen LogP) is 6.68. The molecular formula is C38H42O7. The summed E-state index contributed by atoms with van der Waals surface area (Å²) in [5, 5.41) is 0. The van der Waals surface area contributed by atoms with Crippen LogP contribution in [0.2, 0.25) is 0 Å². The Hall–Kier alpha value is -3.85. The lowest BCUT2D eigenvalue weighted by Crippen LogP contribution is -2.61. The molecule has 7 nitrogen and oxygen atoms in total. The molecule has 0 bridgehead atoms. The van der Waals surface area contributed by atoms with Gasteiger partial charge in [-0.3, -0.25) is 4.79 Å². The van der Waals surface area contributed by atoms with Crippen LogP contribution >= 0.6 is 0 Å². The standard InChI is InChI=1S/C38H42O7/c1-40-35(39)23-22-33-36(42-25-30-16-8-3-9-17-30)38(44-27-32-20-12-5-13-21-32)37(43-26-31-18-10-4-11-19-31)34(45-33)28-41-24-29-14-6-2-7-15-29/h2-21,33-34,36-38H,22-28H2,1H3/t33?,34-,36+,37+,38-/m1/s1/i24D,25D,26D,27D/t24?,25?,26?,27?,33?,34-,36+,37+,38-. The van der Waals surface area contributed by atoms with Crippen LogP contribution in [0.5, 0.6) is 0 Å². The van der Waals surface area contributed by atoms with E-state index in [0.29, 0.717) is 22.3 Å². The van der Waals surface area contributed by atoms with E-state index in [1.165, 1.54) is 7.11 Å². The average molecular weight is 615 g/mol. The molecule has 4 aromatic rings. The van der Waals surface area contributed by atoms with Crippen molar-refractivity contribution in [3.63, 3.8) is 0 Å². The van der Waals surface area contributed by atoms with Gasteiger partial charge < -0.3 is 28.4 Å². The molecule has 9 atom stereocenters. The summed E-state index contributed by atoms with van der Waals surface area (Å²) < 4.78 is 72.6. The fourth-order valence-corrected chi connectivity index (χ4v) is 5.04. The monoisotopic (exact) mass is 614 g/mol. The van der Waals surface area contributed by atoms with Gasteiger partial charge in [-0.15, -0.1) is 0 Å². The number of carbonyl (C=O) groups excluding carboxylic acids is 1. The third-order valence-corrected chi connectivity index (χ3v) is 7.35. The van der Waals surface area contributed by atoms with Gasteiger partial charge in [0.1, 0.15) is 24.4 Å². The van der Waals surface area contributed by atoms with Gasteiger partial charge in [-0.05, 0) is 28.7 Å². The van der Waals surface area contributed by atoms with E-state index in [1.54, 1.807) is 48.5 Å². The third-order valence-electron chi connectivity index (χ3n) is 7.35. The maximum Gasteiger partial charge on any atom is 0.305 e. The topological polar surface area (TPSA) is 72.5 Å². The molecule has 1 saturated heterocycles. The molecule has 1 aliphatic rings. The molecule has 1 heterocycles. The highest BCUT2D eigenvalue weighted by Gasteiger charge is 2.48. The number of hydrogen-bond donors (Lipinski definition) is 0. The van der Waals surface area contributed by atoms with Gasteiger partial charge in [-0.1, -0.05) is 121 Å². The number of benzene rings is 4. The van der Waals surface area contributed by atoms with Crippen LogP contribution in [0.25, 0.3) is 0 Å². The molecule has 1 aliphatic heterocycles. The van der Waals surface area contributed by atoms with E-state index in [2.05, 4.69) is 0 Å². The summed E-state index contributed by atoms with van der Waals surface area (Å²) in [4.78, 5) is 12.4. The van der Waals surface area contributed by atoms with Gasteiger partial charge in [-0.25, -0.2) is 0 Å². The van der Waals surface area contributed by atoms with Gasteiger partial charge in [0.2, 0.25) is 0 Å². The van der Waals surface area contributed by atoms with Crippen molar-refractivity contribution in [1.29, 1.82) is 0 Å². The van der Waals surface area contributed by atoms with Crippen molar-refractivity contribution in [1.82, 2.24) is 0 Å². The maximum atomic E-state index is 12.4. The van der Waals surface area contributed by atoms with Gasteiger partial charge in [0, 0.05) is 6.42 Å². The summed E-state index contributed by atoms with van der Waals surface area (Å²) >= 11 is 0. The van der Waals surface area contributed by atoms with E-state index >= 15 is 0 Å². The fraction of sp³-hybridized carbons (Fsp3) is 0.342. The van der Waals surface area contributed by atoms with Gasteiger partial charge in [-0.2, -0.15) is 0 Å². The normalized spacial score (nSPS) is 25.4. The van der Waals surface area contributed by atoms with Crippen LogP contribution in [0.1, 0.15) is 40.6 Å². The number of ether oxygens (including phenoxy) is 6. The Morgan fingerprint density at radius 3 is 1.44 bits per heavy atom. The fourth-order valence-electron chi connectivity index (χ4n) is 5.04. The Balaban J connectivity index is 1.53. The van der Waals surface area contributed by atoms with Crippen LogP contribution in [-0.4, -0.2) is 50.2 Å². The Bertz CT molecular complexity index is 1540. The first-order chi connectivity index (χ1) is 23.8. The van der Waals surface area contributed by atoms with Crippen LogP contribution in [0.3, 0.4) is 0 Å². The van der Waals surface area contributed by atoms with Crippen molar-refractivity contribution in [2.45, 2.75) is 69.7 Å². The molecule has 236 valence electrons. The lowest BCUT2D eigenvalue weighted by Gasteiger charge is -2.46. The molecule has 0 amide bonds. The average Bonchev–Trinajstić information content (AvgIpc) is 3.15. The zero-order valence-electron chi connectivity index (χ0n) is 29.2. The summed E-state index contributed by atoms with van der Waals surface area (Å²) in [5.41, 5.74) is 2.40. The first kappa shape index (κ1) is 27.5. The van der Waals surface area contributed by atoms with E-state index in [0.717, 1.165) is 0 Å². The minimum atomic E-state index is -1.20. The van der Waals surface area contributed by atoms with Crippen LogP contribution < -0.4 is 0 Å². The molecular weight excluding hydrogens is 568 g/mol. The number of methoxy groups -OCH3 is 1. The molecule has 0 radical (unpaired) electrons. The van der Waals surface area contributed by atoms with E-state index in [1.807, 2.05) is 72.8 Å². The second-order valence-corrected chi connectivity index (χ2v) is 10.6. The summed E-state index contributed by atoms with van der Waals surface area (Å²) in [5.74, 6) is -0.454. The molecule has 0 spiro atoms. The van der Waals surface area contributed by atoms with Gasteiger partial charge in [0.25, 0.3) is 0 Å². The van der Waals surface area contributed by atoms with Crippen LogP contribution in [-0.2, 0) is 59.5 Å². The molecule has 0 aromatic heterocycles. The maximum absolute atomic E-state index is 12.4. The second-order valence-electron chi connectivity index (χ2n) is 10.6. The Morgan fingerprint density at radius 1 is 0.600 bits per heavy atom.